The Hall–Kier alpha value is -2.44. The quantitative estimate of drug-likeness (QED) is 0.876. The molecule has 1 saturated heterocycles. The third-order valence-electron chi connectivity index (χ3n) is 5.02. The standard InChI is InChI=1S/C20H20FN3O2.ClH/c21-16-6-3-5-14(10-16)18-11-22-8-9-24(18)19(25)13-23-12-15-4-1-2-7-17(15)20(23)26;/h1-7,10,18,22H,8-9,11-13H2;1H. The van der Waals surface area contributed by atoms with Crippen molar-refractivity contribution in [2.75, 3.05) is 26.2 Å². The van der Waals surface area contributed by atoms with Gasteiger partial charge in [0.05, 0.1) is 6.04 Å². The zero-order valence-electron chi connectivity index (χ0n) is 14.7. The molecule has 2 aromatic rings. The first-order chi connectivity index (χ1) is 12.6. The van der Waals surface area contributed by atoms with Gasteiger partial charge in [0, 0.05) is 31.7 Å². The first-order valence-electron chi connectivity index (χ1n) is 8.76. The Kier molecular flexibility index (Phi) is 5.77. The summed E-state index contributed by atoms with van der Waals surface area (Å²) in [5.41, 5.74) is 2.39. The minimum Gasteiger partial charge on any atom is -0.332 e. The van der Waals surface area contributed by atoms with Crippen molar-refractivity contribution in [2.24, 2.45) is 0 Å². The average Bonchev–Trinajstić information content (AvgIpc) is 2.98. The van der Waals surface area contributed by atoms with Gasteiger partial charge in [-0.1, -0.05) is 30.3 Å². The van der Waals surface area contributed by atoms with Crippen LogP contribution in [0.4, 0.5) is 4.39 Å². The second kappa shape index (κ2) is 8.06. The van der Waals surface area contributed by atoms with Gasteiger partial charge in [0.15, 0.2) is 0 Å². The van der Waals surface area contributed by atoms with E-state index in [0.717, 1.165) is 11.1 Å². The Morgan fingerprint density at radius 2 is 2.00 bits per heavy atom. The fourth-order valence-electron chi connectivity index (χ4n) is 3.71. The van der Waals surface area contributed by atoms with Crippen LogP contribution in [0.25, 0.3) is 0 Å². The van der Waals surface area contributed by atoms with E-state index < -0.39 is 0 Å². The number of carbonyl (C=O) groups excluding carboxylic acids is 2. The molecule has 0 saturated carbocycles. The Morgan fingerprint density at radius 1 is 1.19 bits per heavy atom. The molecular formula is C20H21ClFN3O2. The normalized spacial score (nSPS) is 18.9. The fraction of sp³-hybridized carbons (Fsp3) is 0.300. The molecule has 2 aromatic carbocycles. The molecule has 1 N–H and O–H groups in total. The van der Waals surface area contributed by atoms with Crippen molar-refractivity contribution in [3.63, 3.8) is 0 Å². The zero-order valence-corrected chi connectivity index (χ0v) is 15.5. The lowest BCUT2D eigenvalue weighted by Gasteiger charge is -2.37. The van der Waals surface area contributed by atoms with E-state index in [4.69, 9.17) is 0 Å². The van der Waals surface area contributed by atoms with Crippen LogP contribution < -0.4 is 5.32 Å². The molecule has 2 aliphatic heterocycles. The van der Waals surface area contributed by atoms with Gasteiger partial charge in [-0.2, -0.15) is 0 Å². The van der Waals surface area contributed by atoms with Gasteiger partial charge in [0.25, 0.3) is 5.91 Å². The molecule has 2 aliphatic rings. The van der Waals surface area contributed by atoms with Crippen LogP contribution in [0.1, 0.15) is 27.5 Å². The van der Waals surface area contributed by atoms with Crippen molar-refractivity contribution in [1.82, 2.24) is 15.1 Å². The second-order valence-electron chi connectivity index (χ2n) is 6.68. The molecule has 2 heterocycles. The van der Waals surface area contributed by atoms with Gasteiger partial charge in [0.2, 0.25) is 5.91 Å². The SMILES string of the molecule is Cl.O=C1c2ccccc2CN1CC(=O)N1CCNCC1c1cccc(F)c1. The van der Waals surface area contributed by atoms with Crippen LogP contribution in [0.3, 0.4) is 0 Å². The first kappa shape index (κ1) is 19.3. The summed E-state index contributed by atoms with van der Waals surface area (Å²) in [4.78, 5) is 28.8. The smallest absolute Gasteiger partial charge is 0.254 e. The lowest BCUT2D eigenvalue weighted by Crippen LogP contribution is -2.51. The Labute approximate surface area is 163 Å². The number of rotatable bonds is 3. The molecule has 0 bridgehead atoms. The minimum atomic E-state index is -0.314. The largest absolute Gasteiger partial charge is 0.332 e. The summed E-state index contributed by atoms with van der Waals surface area (Å²) in [6.07, 6.45) is 0. The maximum Gasteiger partial charge on any atom is 0.254 e. The van der Waals surface area contributed by atoms with Gasteiger partial charge in [-0.05, 0) is 29.3 Å². The lowest BCUT2D eigenvalue weighted by atomic mass is 10.0. The fourth-order valence-corrected chi connectivity index (χ4v) is 3.71. The average molecular weight is 390 g/mol. The topological polar surface area (TPSA) is 52.7 Å². The van der Waals surface area contributed by atoms with Crippen molar-refractivity contribution >= 4 is 24.2 Å². The molecule has 0 spiro atoms. The zero-order chi connectivity index (χ0) is 18.1. The number of carbonyl (C=O) groups is 2. The lowest BCUT2D eigenvalue weighted by molar-refractivity contribution is -0.135. The van der Waals surface area contributed by atoms with E-state index in [1.54, 1.807) is 21.9 Å². The van der Waals surface area contributed by atoms with E-state index >= 15 is 0 Å². The molecule has 0 aliphatic carbocycles. The van der Waals surface area contributed by atoms with Crippen LogP contribution in [0, 0.1) is 5.82 Å². The van der Waals surface area contributed by atoms with Crippen LogP contribution in [0.15, 0.2) is 48.5 Å². The van der Waals surface area contributed by atoms with E-state index in [2.05, 4.69) is 5.32 Å². The second-order valence-corrected chi connectivity index (χ2v) is 6.68. The summed E-state index contributed by atoms with van der Waals surface area (Å²) in [6.45, 7) is 2.29. The van der Waals surface area contributed by atoms with Crippen molar-refractivity contribution in [2.45, 2.75) is 12.6 Å². The summed E-state index contributed by atoms with van der Waals surface area (Å²) < 4.78 is 13.6. The summed E-state index contributed by atoms with van der Waals surface area (Å²) in [5.74, 6) is -0.529. The third kappa shape index (κ3) is 3.82. The number of amides is 2. The number of hydrogen-bond donors (Lipinski definition) is 1. The summed E-state index contributed by atoms with van der Waals surface area (Å²) in [5, 5.41) is 3.26. The van der Waals surface area contributed by atoms with E-state index in [1.807, 2.05) is 24.3 Å². The highest BCUT2D eigenvalue weighted by molar-refractivity contribution is 6.00. The number of nitrogens with zero attached hydrogens (tertiary/aromatic N) is 2. The van der Waals surface area contributed by atoms with Crippen LogP contribution in [0.5, 0.6) is 0 Å². The first-order valence-corrected chi connectivity index (χ1v) is 8.76. The number of hydrogen-bond acceptors (Lipinski definition) is 3. The maximum atomic E-state index is 13.6. The Balaban J connectivity index is 0.00000210. The number of piperazine rings is 1. The highest BCUT2D eigenvalue weighted by Crippen LogP contribution is 2.25. The monoisotopic (exact) mass is 389 g/mol. The summed E-state index contributed by atoms with van der Waals surface area (Å²) >= 11 is 0. The van der Waals surface area contributed by atoms with Crippen LogP contribution in [-0.2, 0) is 11.3 Å². The number of nitrogens with one attached hydrogen (secondary N) is 1. The molecule has 2 amide bonds. The molecule has 1 atom stereocenters. The van der Waals surface area contributed by atoms with Crippen LogP contribution >= 0.6 is 12.4 Å². The predicted molar refractivity (Wildman–Crippen MR) is 102 cm³/mol. The van der Waals surface area contributed by atoms with Crippen molar-refractivity contribution in [3.05, 3.63) is 71.0 Å². The Morgan fingerprint density at radius 3 is 2.78 bits per heavy atom. The van der Waals surface area contributed by atoms with Gasteiger partial charge in [-0.25, -0.2) is 4.39 Å². The van der Waals surface area contributed by atoms with Gasteiger partial charge >= 0.3 is 0 Å². The van der Waals surface area contributed by atoms with Crippen LogP contribution in [-0.4, -0.2) is 47.8 Å². The van der Waals surface area contributed by atoms with Gasteiger partial charge in [0.1, 0.15) is 12.4 Å². The molecule has 1 unspecified atom stereocenters. The van der Waals surface area contributed by atoms with E-state index in [-0.39, 0.29) is 42.6 Å². The van der Waals surface area contributed by atoms with Crippen molar-refractivity contribution in [1.29, 1.82) is 0 Å². The highest BCUT2D eigenvalue weighted by Gasteiger charge is 2.33. The number of halogens is 2. The third-order valence-corrected chi connectivity index (χ3v) is 5.02. The summed E-state index contributed by atoms with van der Waals surface area (Å²) in [7, 11) is 0. The van der Waals surface area contributed by atoms with Crippen LogP contribution in [0.2, 0.25) is 0 Å². The molecular weight excluding hydrogens is 369 g/mol. The molecule has 142 valence electrons. The Bertz CT molecular complexity index is 861. The molecule has 1 fully saturated rings. The molecule has 4 rings (SSSR count). The molecule has 5 nitrogen and oxygen atoms in total. The highest BCUT2D eigenvalue weighted by atomic mass is 35.5. The van der Waals surface area contributed by atoms with Gasteiger partial charge in [-0.15, -0.1) is 12.4 Å². The number of fused-ring (bicyclic) bond motifs is 1. The predicted octanol–water partition coefficient (Wildman–Crippen LogP) is 2.38. The minimum absolute atomic E-state index is 0. The van der Waals surface area contributed by atoms with E-state index in [1.165, 1.54) is 12.1 Å². The van der Waals surface area contributed by atoms with Gasteiger partial charge < -0.3 is 15.1 Å². The molecule has 27 heavy (non-hydrogen) atoms. The van der Waals surface area contributed by atoms with Crippen molar-refractivity contribution < 1.29 is 14.0 Å². The molecule has 0 aromatic heterocycles. The number of benzene rings is 2. The summed E-state index contributed by atoms with van der Waals surface area (Å²) in [6, 6.07) is 13.6. The van der Waals surface area contributed by atoms with E-state index in [9.17, 15) is 14.0 Å². The molecule has 7 heteroatoms. The van der Waals surface area contributed by atoms with Gasteiger partial charge in [-0.3, -0.25) is 9.59 Å². The maximum absolute atomic E-state index is 13.6. The molecule has 0 radical (unpaired) electrons. The van der Waals surface area contributed by atoms with Crippen molar-refractivity contribution in [3.8, 4) is 0 Å². The van der Waals surface area contributed by atoms with E-state index in [0.29, 0.717) is 31.7 Å².